The molecule has 4 atom stereocenters. The molecule has 1 aromatic heterocycles. The molecule has 246 valence electrons. The van der Waals surface area contributed by atoms with Gasteiger partial charge in [-0.15, -0.1) is 0 Å². The molecule has 2 fully saturated rings. The van der Waals surface area contributed by atoms with Gasteiger partial charge in [-0.2, -0.15) is 5.01 Å². The molecule has 1 saturated carbocycles. The quantitative estimate of drug-likeness (QED) is 0.205. The summed E-state index contributed by atoms with van der Waals surface area (Å²) in [6.45, 7) is 2.02. The molecule has 2 amide bonds. The number of imide groups is 1. The van der Waals surface area contributed by atoms with Gasteiger partial charge in [-0.3, -0.25) is 15.0 Å². The molecule has 2 aliphatic heterocycles. The Bertz CT molecular complexity index is 2270. The molecule has 11 heteroatoms. The van der Waals surface area contributed by atoms with Gasteiger partial charge < -0.3 is 9.84 Å². The number of ether oxygens (including phenoxy) is 1. The number of carbonyl (C=O) groups excluding carboxylic acids is 2. The van der Waals surface area contributed by atoms with E-state index in [9.17, 15) is 19.5 Å². The standard InChI is InChI=1S/C38H33N5O6/c1-23-13-15-25(16-14-23)39-42-34(45)30-22-31-28(19-20-40-36(47)41(37(48)43(31)40)26-11-7-4-8-12-26)33(29-18-17-27(44)21-32(29)49-2)38(30,35(42)46)24-9-5-3-6-10-24/h3-19,21,30-31,33,39,44H,20,22H2,1-2H3. The van der Waals surface area contributed by atoms with E-state index >= 15 is 4.79 Å². The number of allylic oxidation sites excluding steroid dienone is 2. The van der Waals surface area contributed by atoms with Crippen LogP contribution in [0.4, 0.5) is 5.69 Å². The van der Waals surface area contributed by atoms with Gasteiger partial charge in [0.15, 0.2) is 0 Å². The summed E-state index contributed by atoms with van der Waals surface area (Å²) in [5.74, 6) is -2.40. The first-order valence-corrected chi connectivity index (χ1v) is 16.1. The third-order valence-corrected chi connectivity index (χ3v) is 10.2. The third kappa shape index (κ3) is 4.35. The summed E-state index contributed by atoms with van der Waals surface area (Å²) in [5, 5.41) is 11.6. The van der Waals surface area contributed by atoms with Crippen LogP contribution in [0, 0.1) is 12.8 Å². The third-order valence-electron chi connectivity index (χ3n) is 10.2. The number of rotatable bonds is 6. The fourth-order valence-corrected chi connectivity index (χ4v) is 8.09. The fourth-order valence-electron chi connectivity index (χ4n) is 8.09. The highest BCUT2D eigenvalue weighted by Crippen LogP contribution is 2.62. The molecule has 1 aliphatic carbocycles. The Labute approximate surface area is 280 Å². The van der Waals surface area contributed by atoms with Crippen molar-refractivity contribution in [1.82, 2.24) is 18.9 Å². The molecule has 8 rings (SSSR count). The van der Waals surface area contributed by atoms with Crippen LogP contribution in [0.15, 0.2) is 124 Å². The van der Waals surface area contributed by atoms with Gasteiger partial charge in [-0.1, -0.05) is 78.4 Å². The Morgan fingerprint density at radius 3 is 2.24 bits per heavy atom. The van der Waals surface area contributed by atoms with Gasteiger partial charge in [0.2, 0.25) is 0 Å². The molecule has 0 spiro atoms. The first-order chi connectivity index (χ1) is 23.7. The van der Waals surface area contributed by atoms with Crippen LogP contribution >= 0.6 is 0 Å². The number of nitrogens with zero attached hydrogens (tertiary/aromatic N) is 4. The van der Waals surface area contributed by atoms with Crippen molar-refractivity contribution in [1.29, 1.82) is 0 Å². The molecule has 0 radical (unpaired) electrons. The zero-order valence-electron chi connectivity index (χ0n) is 26.8. The molecule has 5 aromatic rings. The summed E-state index contributed by atoms with van der Waals surface area (Å²) < 4.78 is 9.79. The van der Waals surface area contributed by atoms with E-state index in [1.54, 1.807) is 48.5 Å². The molecular weight excluding hydrogens is 622 g/mol. The van der Waals surface area contributed by atoms with Gasteiger partial charge in [0.05, 0.1) is 42.4 Å². The maximum absolute atomic E-state index is 15.2. The number of hydrogen-bond acceptors (Lipinski definition) is 7. The SMILES string of the molecule is COc1cc(O)ccc1C1C2=CCn3c(=O)n(-c4ccccc4)c(=O)n3C2CC2C(=O)N(Nc3ccc(C)cc3)C(=O)C21c1ccccc1. The van der Waals surface area contributed by atoms with E-state index in [4.69, 9.17) is 4.74 Å². The molecule has 1 saturated heterocycles. The maximum Gasteiger partial charge on any atom is 0.352 e. The lowest BCUT2D eigenvalue weighted by Crippen LogP contribution is -2.53. The molecule has 0 bridgehead atoms. The minimum Gasteiger partial charge on any atom is -0.508 e. The predicted octanol–water partition coefficient (Wildman–Crippen LogP) is 4.44. The number of methoxy groups -OCH3 is 1. The topological polar surface area (TPSA) is 128 Å². The van der Waals surface area contributed by atoms with Crippen LogP contribution in [0.1, 0.15) is 35.1 Å². The number of fused-ring (bicyclic) bond motifs is 4. The molecular formula is C38H33N5O6. The number of hydrogen-bond donors (Lipinski definition) is 2. The average Bonchev–Trinajstić information content (AvgIpc) is 3.50. The first-order valence-electron chi connectivity index (χ1n) is 16.1. The predicted molar refractivity (Wildman–Crippen MR) is 182 cm³/mol. The molecule has 3 aliphatic rings. The number of aromatic hydroxyl groups is 1. The Balaban J connectivity index is 1.39. The van der Waals surface area contributed by atoms with Crippen molar-refractivity contribution in [2.24, 2.45) is 5.92 Å². The van der Waals surface area contributed by atoms with Crippen molar-refractivity contribution in [2.45, 2.75) is 37.3 Å². The number of phenols is 1. The number of phenolic OH excluding ortho intramolecular Hbond substituents is 1. The number of amides is 2. The van der Waals surface area contributed by atoms with Gasteiger partial charge in [-0.25, -0.2) is 23.5 Å². The number of carbonyl (C=O) groups is 2. The lowest BCUT2D eigenvalue weighted by Gasteiger charge is -2.49. The number of para-hydroxylation sites is 1. The second-order valence-electron chi connectivity index (χ2n) is 12.7. The van der Waals surface area contributed by atoms with E-state index in [1.165, 1.54) is 28.6 Å². The molecule has 2 N–H and O–H groups in total. The Kier molecular flexibility index (Phi) is 6.95. The van der Waals surface area contributed by atoms with Crippen LogP contribution in [0.2, 0.25) is 0 Å². The van der Waals surface area contributed by atoms with Gasteiger partial charge in [0.25, 0.3) is 11.8 Å². The lowest BCUT2D eigenvalue weighted by atomic mass is 9.53. The van der Waals surface area contributed by atoms with Crippen molar-refractivity contribution in [2.75, 3.05) is 12.5 Å². The van der Waals surface area contributed by atoms with Crippen LogP contribution in [0.25, 0.3) is 5.69 Å². The normalized spacial score (nSPS) is 22.6. The number of nitrogens with one attached hydrogen (secondary N) is 1. The number of aromatic nitrogens is 3. The van der Waals surface area contributed by atoms with Gasteiger partial charge in [-0.05, 0) is 54.8 Å². The molecule has 3 heterocycles. The summed E-state index contributed by atoms with van der Waals surface area (Å²) >= 11 is 0. The van der Waals surface area contributed by atoms with E-state index in [-0.39, 0.29) is 18.7 Å². The van der Waals surface area contributed by atoms with E-state index in [2.05, 4.69) is 5.43 Å². The van der Waals surface area contributed by atoms with E-state index in [1.807, 2.05) is 55.5 Å². The van der Waals surface area contributed by atoms with Crippen LogP contribution in [-0.4, -0.2) is 43.0 Å². The van der Waals surface area contributed by atoms with Crippen LogP contribution in [0.3, 0.4) is 0 Å². The lowest BCUT2D eigenvalue weighted by molar-refractivity contribution is -0.138. The van der Waals surface area contributed by atoms with Crippen molar-refractivity contribution >= 4 is 17.5 Å². The zero-order chi connectivity index (χ0) is 34.0. The van der Waals surface area contributed by atoms with Crippen molar-refractivity contribution in [3.8, 4) is 17.2 Å². The molecule has 4 aromatic carbocycles. The molecule has 4 unspecified atom stereocenters. The second-order valence-corrected chi connectivity index (χ2v) is 12.7. The van der Waals surface area contributed by atoms with Crippen molar-refractivity contribution in [3.63, 3.8) is 0 Å². The smallest absolute Gasteiger partial charge is 0.352 e. The fraction of sp³-hybridized carbons (Fsp3) is 0.211. The number of benzene rings is 4. The highest BCUT2D eigenvalue weighted by atomic mass is 16.5. The van der Waals surface area contributed by atoms with Crippen molar-refractivity contribution < 1.29 is 19.4 Å². The number of hydrazine groups is 1. The minimum absolute atomic E-state index is 0.0302. The minimum atomic E-state index is -1.48. The maximum atomic E-state index is 15.2. The summed E-state index contributed by atoms with van der Waals surface area (Å²) in [4.78, 5) is 58.0. The highest BCUT2D eigenvalue weighted by Gasteiger charge is 2.69. The number of aryl methyl sites for hydroxylation is 1. The molecule has 49 heavy (non-hydrogen) atoms. The van der Waals surface area contributed by atoms with Crippen LogP contribution < -0.4 is 21.5 Å². The van der Waals surface area contributed by atoms with Crippen molar-refractivity contribution in [3.05, 3.63) is 152 Å². The molecule has 11 nitrogen and oxygen atoms in total. The summed E-state index contributed by atoms with van der Waals surface area (Å²) in [6.07, 6.45) is 1.97. The highest BCUT2D eigenvalue weighted by molar-refractivity contribution is 6.12. The number of anilines is 1. The van der Waals surface area contributed by atoms with Crippen LogP contribution in [-0.2, 0) is 21.5 Å². The van der Waals surface area contributed by atoms with E-state index in [0.717, 1.165) is 15.1 Å². The zero-order valence-corrected chi connectivity index (χ0v) is 26.8. The van der Waals surface area contributed by atoms with Gasteiger partial charge >= 0.3 is 11.4 Å². The van der Waals surface area contributed by atoms with Crippen LogP contribution in [0.5, 0.6) is 11.5 Å². The Hall–Kier alpha value is -6.10. The monoisotopic (exact) mass is 655 g/mol. The average molecular weight is 656 g/mol. The van der Waals surface area contributed by atoms with Gasteiger partial charge in [0, 0.05) is 17.5 Å². The summed E-state index contributed by atoms with van der Waals surface area (Å²) in [6, 6.07) is 29.3. The first kappa shape index (κ1) is 30.2. The summed E-state index contributed by atoms with van der Waals surface area (Å²) in [5.41, 5.74) is 4.49. The van der Waals surface area contributed by atoms with Gasteiger partial charge in [0.1, 0.15) is 11.5 Å². The Morgan fingerprint density at radius 2 is 1.55 bits per heavy atom. The Morgan fingerprint density at radius 1 is 0.857 bits per heavy atom. The second kappa shape index (κ2) is 11.3. The largest absolute Gasteiger partial charge is 0.508 e. The van der Waals surface area contributed by atoms with E-state index < -0.39 is 46.5 Å². The van der Waals surface area contributed by atoms with E-state index in [0.29, 0.717) is 33.8 Å². The summed E-state index contributed by atoms with van der Waals surface area (Å²) in [7, 11) is 1.48.